The van der Waals surface area contributed by atoms with Crippen molar-refractivity contribution in [3.8, 4) is 0 Å². The van der Waals surface area contributed by atoms with Crippen LogP contribution in [0.25, 0.3) is 0 Å². The summed E-state index contributed by atoms with van der Waals surface area (Å²) in [5.74, 6) is 5.83. The van der Waals surface area contributed by atoms with Gasteiger partial charge in [-0.05, 0) is 72.0 Å². The molecule has 0 radical (unpaired) electrons. The molecule has 24 heavy (non-hydrogen) atoms. The molecule has 0 N–H and O–H groups in total. The van der Waals surface area contributed by atoms with Crippen LogP contribution in [-0.4, -0.2) is 0 Å². The quantitative estimate of drug-likeness (QED) is 0.380. The minimum Gasteiger partial charge on any atom is -0.0651 e. The second kappa shape index (κ2) is 7.71. The zero-order chi connectivity index (χ0) is 18.1. The van der Waals surface area contributed by atoms with E-state index in [1.165, 1.54) is 51.4 Å². The first-order valence-electron chi connectivity index (χ1n) is 11.3. The Bertz CT molecular complexity index is 391. The van der Waals surface area contributed by atoms with Gasteiger partial charge in [-0.15, -0.1) is 0 Å². The van der Waals surface area contributed by atoms with Crippen LogP contribution in [-0.2, 0) is 0 Å². The SMILES string of the molecule is CCC1CCC1CC(CC)C(C)C(C)C1CC1(C)C(C)(CC)CC. The summed E-state index contributed by atoms with van der Waals surface area (Å²) in [7, 11) is 0. The summed E-state index contributed by atoms with van der Waals surface area (Å²) < 4.78 is 0. The summed E-state index contributed by atoms with van der Waals surface area (Å²) in [5.41, 5.74) is 1.15. The fourth-order valence-electron chi connectivity index (χ4n) is 6.34. The van der Waals surface area contributed by atoms with Crippen molar-refractivity contribution >= 4 is 0 Å². The Morgan fingerprint density at radius 1 is 1.00 bits per heavy atom. The van der Waals surface area contributed by atoms with E-state index in [1.807, 2.05) is 0 Å². The molecule has 0 saturated heterocycles. The van der Waals surface area contributed by atoms with Gasteiger partial charge in [0, 0.05) is 0 Å². The van der Waals surface area contributed by atoms with Gasteiger partial charge in [0.15, 0.2) is 0 Å². The molecule has 7 unspecified atom stereocenters. The molecule has 0 spiro atoms. The minimum absolute atomic E-state index is 0.550. The third-order valence-corrected chi connectivity index (χ3v) is 9.68. The highest BCUT2D eigenvalue weighted by Gasteiger charge is 2.61. The molecule has 0 aromatic heterocycles. The Labute approximate surface area is 153 Å². The lowest BCUT2D eigenvalue weighted by Gasteiger charge is -2.41. The molecule has 0 nitrogen and oxygen atoms in total. The molecular formula is C24H46. The molecule has 2 aliphatic carbocycles. The van der Waals surface area contributed by atoms with Crippen LogP contribution in [0.15, 0.2) is 0 Å². The van der Waals surface area contributed by atoms with Gasteiger partial charge in [-0.2, -0.15) is 0 Å². The van der Waals surface area contributed by atoms with Gasteiger partial charge in [0.25, 0.3) is 0 Å². The summed E-state index contributed by atoms with van der Waals surface area (Å²) in [6.45, 7) is 20.0. The van der Waals surface area contributed by atoms with Gasteiger partial charge >= 0.3 is 0 Å². The molecule has 2 saturated carbocycles. The topological polar surface area (TPSA) is 0 Å². The minimum atomic E-state index is 0.550. The Kier molecular flexibility index (Phi) is 6.53. The van der Waals surface area contributed by atoms with Gasteiger partial charge in [0.1, 0.15) is 0 Å². The molecule has 2 fully saturated rings. The van der Waals surface area contributed by atoms with E-state index in [9.17, 15) is 0 Å². The van der Waals surface area contributed by atoms with Crippen molar-refractivity contribution in [2.24, 2.45) is 46.3 Å². The second-order valence-electron chi connectivity index (χ2n) is 10.1. The van der Waals surface area contributed by atoms with Crippen LogP contribution in [0, 0.1) is 46.3 Å². The highest BCUT2D eigenvalue weighted by Crippen LogP contribution is 2.69. The standard InChI is InChI=1S/C24H46/c1-9-19-13-14-21(19)15-20(10-2)17(5)18(6)22-16-24(22,8)23(7,11-3)12-4/h17-22H,9-16H2,1-8H3. The lowest BCUT2D eigenvalue weighted by atomic mass is 9.64. The van der Waals surface area contributed by atoms with E-state index in [0.29, 0.717) is 10.8 Å². The molecule has 0 aromatic rings. The third kappa shape index (κ3) is 3.45. The lowest BCUT2D eigenvalue weighted by Crippen LogP contribution is -2.33. The van der Waals surface area contributed by atoms with E-state index in [4.69, 9.17) is 0 Å². The number of rotatable bonds is 10. The van der Waals surface area contributed by atoms with Gasteiger partial charge in [-0.25, -0.2) is 0 Å². The summed E-state index contributed by atoms with van der Waals surface area (Å²) in [6, 6.07) is 0. The average molecular weight is 335 g/mol. The van der Waals surface area contributed by atoms with E-state index in [0.717, 1.165) is 35.5 Å². The van der Waals surface area contributed by atoms with Crippen LogP contribution in [0.2, 0.25) is 0 Å². The molecule has 0 bridgehead atoms. The molecule has 0 heterocycles. The van der Waals surface area contributed by atoms with E-state index in [-0.39, 0.29) is 0 Å². The highest BCUT2D eigenvalue weighted by atomic mass is 14.7. The summed E-state index contributed by atoms with van der Waals surface area (Å²) in [4.78, 5) is 0. The summed E-state index contributed by atoms with van der Waals surface area (Å²) in [6.07, 6.45) is 11.5. The van der Waals surface area contributed by atoms with Crippen LogP contribution in [0.1, 0.15) is 107 Å². The maximum atomic E-state index is 2.61. The normalized spacial score (nSPS) is 36.8. The zero-order valence-electron chi connectivity index (χ0n) is 18.1. The molecule has 0 heteroatoms. The van der Waals surface area contributed by atoms with Crippen molar-refractivity contribution < 1.29 is 0 Å². The van der Waals surface area contributed by atoms with Crippen molar-refractivity contribution in [3.63, 3.8) is 0 Å². The summed E-state index contributed by atoms with van der Waals surface area (Å²) >= 11 is 0. The fraction of sp³-hybridized carbons (Fsp3) is 1.00. The summed E-state index contributed by atoms with van der Waals surface area (Å²) in [5, 5.41) is 0. The predicted octanol–water partition coefficient (Wildman–Crippen LogP) is 7.96. The predicted molar refractivity (Wildman–Crippen MR) is 108 cm³/mol. The van der Waals surface area contributed by atoms with Gasteiger partial charge in [-0.3, -0.25) is 0 Å². The Balaban J connectivity index is 1.97. The molecule has 2 aliphatic rings. The van der Waals surface area contributed by atoms with Crippen LogP contribution >= 0.6 is 0 Å². The molecule has 142 valence electrons. The Morgan fingerprint density at radius 2 is 1.58 bits per heavy atom. The third-order valence-electron chi connectivity index (χ3n) is 9.68. The number of hydrogen-bond acceptors (Lipinski definition) is 0. The Morgan fingerprint density at radius 3 is 2.00 bits per heavy atom. The maximum Gasteiger partial charge on any atom is -0.0238 e. The monoisotopic (exact) mass is 334 g/mol. The first-order chi connectivity index (χ1) is 11.3. The van der Waals surface area contributed by atoms with E-state index < -0.39 is 0 Å². The first-order valence-corrected chi connectivity index (χ1v) is 11.3. The van der Waals surface area contributed by atoms with Crippen LogP contribution in [0.4, 0.5) is 0 Å². The van der Waals surface area contributed by atoms with Gasteiger partial charge in [-0.1, -0.05) is 81.1 Å². The van der Waals surface area contributed by atoms with Gasteiger partial charge in [0.2, 0.25) is 0 Å². The van der Waals surface area contributed by atoms with Crippen LogP contribution in [0.3, 0.4) is 0 Å². The zero-order valence-corrected chi connectivity index (χ0v) is 18.1. The average Bonchev–Trinajstić information content (AvgIpc) is 3.26. The maximum absolute atomic E-state index is 2.61. The van der Waals surface area contributed by atoms with Crippen molar-refractivity contribution in [1.29, 1.82) is 0 Å². The van der Waals surface area contributed by atoms with Gasteiger partial charge < -0.3 is 0 Å². The second-order valence-corrected chi connectivity index (χ2v) is 10.1. The van der Waals surface area contributed by atoms with E-state index in [1.54, 1.807) is 0 Å². The van der Waals surface area contributed by atoms with Crippen molar-refractivity contribution in [1.82, 2.24) is 0 Å². The smallest absolute Gasteiger partial charge is 0.0238 e. The lowest BCUT2D eigenvalue weighted by molar-refractivity contribution is 0.0837. The fourth-order valence-corrected chi connectivity index (χ4v) is 6.34. The first kappa shape index (κ1) is 20.3. The van der Waals surface area contributed by atoms with E-state index >= 15 is 0 Å². The molecule has 7 atom stereocenters. The molecule has 0 aromatic carbocycles. The van der Waals surface area contributed by atoms with Crippen molar-refractivity contribution in [3.05, 3.63) is 0 Å². The van der Waals surface area contributed by atoms with Crippen molar-refractivity contribution in [2.75, 3.05) is 0 Å². The number of hydrogen-bond donors (Lipinski definition) is 0. The van der Waals surface area contributed by atoms with Crippen LogP contribution < -0.4 is 0 Å². The van der Waals surface area contributed by atoms with Gasteiger partial charge in [0.05, 0.1) is 0 Å². The molecule has 0 aliphatic heterocycles. The molecular weight excluding hydrogens is 288 g/mol. The molecule has 2 rings (SSSR count). The van der Waals surface area contributed by atoms with Crippen LogP contribution in [0.5, 0.6) is 0 Å². The van der Waals surface area contributed by atoms with Crippen molar-refractivity contribution in [2.45, 2.75) is 107 Å². The molecule has 0 amide bonds. The highest BCUT2D eigenvalue weighted by molar-refractivity contribution is 5.10. The van der Waals surface area contributed by atoms with E-state index in [2.05, 4.69) is 55.4 Å². The largest absolute Gasteiger partial charge is 0.0651 e. The Hall–Kier alpha value is 0.